The van der Waals surface area contributed by atoms with E-state index in [0.29, 0.717) is 10.7 Å². The van der Waals surface area contributed by atoms with E-state index in [1.807, 2.05) is 41.8 Å². The molecule has 7 nitrogen and oxygen atoms in total. The van der Waals surface area contributed by atoms with Crippen molar-refractivity contribution in [3.8, 4) is 0 Å². The number of amides is 1. The number of nitrogens with one attached hydrogen (secondary N) is 1. The van der Waals surface area contributed by atoms with Crippen molar-refractivity contribution in [2.45, 2.75) is 48.5 Å². The normalized spacial score (nSPS) is 12.8. The second kappa shape index (κ2) is 8.98. The Morgan fingerprint density at radius 3 is 2.62 bits per heavy atom. The molecule has 0 saturated carbocycles. The van der Waals surface area contributed by atoms with Crippen LogP contribution in [0.1, 0.15) is 26.7 Å². The number of fused-ring (bicyclic) bond motifs is 1. The zero-order chi connectivity index (χ0) is 21.0. The molecule has 29 heavy (non-hydrogen) atoms. The van der Waals surface area contributed by atoms with E-state index in [1.165, 1.54) is 23.9 Å². The summed E-state index contributed by atoms with van der Waals surface area (Å²) in [5, 5.41) is 8.43. The summed E-state index contributed by atoms with van der Waals surface area (Å²) >= 11 is 1.35. The van der Waals surface area contributed by atoms with E-state index in [0.717, 1.165) is 30.6 Å². The number of carbonyl (C=O) groups excluding carboxylic acids is 1. The van der Waals surface area contributed by atoms with Crippen molar-refractivity contribution < 1.29 is 13.2 Å². The van der Waals surface area contributed by atoms with E-state index >= 15 is 0 Å². The SMILES string of the molecule is CCCCn1c(S[C@@H](C)C(=O)Nc2ccccc2)nc2cc(S(N)(=O)=O)ccc21. The van der Waals surface area contributed by atoms with E-state index in [1.54, 1.807) is 6.07 Å². The number of anilines is 1. The topological polar surface area (TPSA) is 107 Å². The van der Waals surface area contributed by atoms with Crippen LogP contribution in [0.5, 0.6) is 0 Å². The molecule has 0 unspecified atom stereocenters. The first kappa shape index (κ1) is 21.4. The van der Waals surface area contributed by atoms with Crippen molar-refractivity contribution >= 4 is 44.4 Å². The van der Waals surface area contributed by atoms with Gasteiger partial charge in [0.05, 0.1) is 21.2 Å². The van der Waals surface area contributed by atoms with Gasteiger partial charge in [-0.25, -0.2) is 18.5 Å². The van der Waals surface area contributed by atoms with Crippen LogP contribution in [0.4, 0.5) is 5.69 Å². The number of imidazole rings is 1. The Balaban J connectivity index is 1.89. The van der Waals surface area contributed by atoms with Gasteiger partial charge in [0.15, 0.2) is 5.16 Å². The highest BCUT2D eigenvalue weighted by Crippen LogP contribution is 2.29. The van der Waals surface area contributed by atoms with Crippen molar-refractivity contribution in [1.82, 2.24) is 9.55 Å². The first-order valence-corrected chi connectivity index (χ1v) is 11.8. The molecule has 0 fully saturated rings. The molecule has 154 valence electrons. The van der Waals surface area contributed by atoms with E-state index in [4.69, 9.17) is 5.14 Å². The van der Waals surface area contributed by atoms with Gasteiger partial charge in [-0.1, -0.05) is 43.3 Å². The molecule has 3 aromatic rings. The standard InChI is InChI=1S/C20H24N4O3S2/c1-3-4-12-24-18-11-10-16(29(21,26)27)13-17(18)23-20(24)28-14(2)19(25)22-15-8-6-5-7-9-15/h5-11,13-14H,3-4,12H2,1-2H3,(H,22,25)(H2,21,26,27)/t14-/m0/s1. The molecule has 0 aliphatic rings. The van der Waals surface area contributed by atoms with Gasteiger partial charge in [-0.3, -0.25) is 4.79 Å². The third-order valence-corrected chi connectivity index (χ3v) is 6.44. The lowest BCUT2D eigenvalue weighted by atomic mass is 10.3. The summed E-state index contributed by atoms with van der Waals surface area (Å²) in [6.07, 6.45) is 1.95. The Hall–Kier alpha value is -2.36. The first-order chi connectivity index (χ1) is 13.8. The lowest BCUT2D eigenvalue weighted by Gasteiger charge is -2.13. The molecule has 1 heterocycles. The lowest BCUT2D eigenvalue weighted by Crippen LogP contribution is -2.22. The number of primary sulfonamides is 1. The average molecular weight is 433 g/mol. The van der Waals surface area contributed by atoms with Crippen molar-refractivity contribution in [3.05, 3.63) is 48.5 Å². The Bertz CT molecular complexity index is 1110. The Morgan fingerprint density at radius 2 is 1.97 bits per heavy atom. The van der Waals surface area contributed by atoms with Crippen molar-refractivity contribution in [2.24, 2.45) is 5.14 Å². The summed E-state index contributed by atoms with van der Waals surface area (Å²) in [6.45, 7) is 4.65. The second-order valence-corrected chi connectivity index (χ2v) is 9.58. The highest BCUT2D eigenvalue weighted by atomic mass is 32.2. The van der Waals surface area contributed by atoms with Gasteiger partial charge in [-0.05, 0) is 43.7 Å². The molecule has 1 atom stereocenters. The summed E-state index contributed by atoms with van der Waals surface area (Å²) in [7, 11) is -3.81. The van der Waals surface area contributed by atoms with Gasteiger partial charge in [0, 0.05) is 12.2 Å². The van der Waals surface area contributed by atoms with Gasteiger partial charge in [0.1, 0.15) is 0 Å². The van der Waals surface area contributed by atoms with Gasteiger partial charge in [-0.15, -0.1) is 0 Å². The Kier molecular flexibility index (Phi) is 6.61. The van der Waals surface area contributed by atoms with Crippen LogP contribution in [0.25, 0.3) is 11.0 Å². The summed E-state index contributed by atoms with van der Waals surface area (Å²) < 4.78 is 25.4. The molecule has 0 saturated heterocycles. The molecule has 0 aliphatic heterocycles. The zero-order valence-corrected chi connectivity index (χ0v) is 18.0. The number of nitrogens with two attached hydrogens (primary N) is 1. The molecule has 0 spiro atoms. The molecule has 9 heteroatoms. The molecule has 0 aliphatic carbocycles. The Morgan fingerprint density at radius 1 is 1.24 bits per heavy atom. The number of hydrogen-bond donors (Lipinski definition) is 2. The maximum Gasteiger partial charge on any atom is 0.238 e. The number of carbonyl (C=O) groups is 1. The second-order valence-electron chi connectivity index (χ2n) is 6.71. The molecule has 3 N–H and O–H groups in total. The minimum Gasteiger partial charge on any atom is -0.325 e. The molecule has 3 rings (SSSR count). The lowest BCUT2D eigenvalue weighted by molar-refractivity contribution is -0.115. The average Bonchev–Trinajstić information content (AvgIpc) is 3.02. The quantitative estimate of drug-likeness (QED) is 0.529. The smallest absolute Gasteiger partial charge is 0.238 e. The van der Waals surface area contributed by atoms with Crippen LogP contribution < -0.4 is 10.5 Å². The van der Waals surface area contributed by atoms with Crippen LogP contribution in [0.15, 0.2) is 58.6 Å². The van der Waals surface area contributed by atoms with E-state index in [2.05, 4.69) is 17.2 Å². The van der Waals surface area contributed by atoms with Crippen LogP contribution in [0.2, 0.25) is 0 Å². The molecule has 2 aromatic carbocycles. The first-order valence-electron chi connectivity index (χ1n) is 9.35. The van der Waals surface area contributed by atoms with Gasteiger partial charge in [-0.2, -0.15) is 0 Å². The zero-order valence-electron chi connectivity index (χ0n) is 16.3. The fourth-order valence-corrected chi connectivity index (χ4v) is 4.35. The number of aromatic nitrogens is 2. The van der Waals surface area contributed by atoms with Gasteiger partial charge in [0.2, 0.25) is 15.9 Å². The molecular formula is C20H24N4O3S2. The Labute approximate surface area is 174 Å². The summed E-state index contributed by atoms with van der Waals surface area (Å²) in [5.74, 6) is -0.125. The maximum atomic E-state index is 12.6. The number of benzene rings is 2. The number of unbranched alkanes of at least 4 members (excludes halogenated alkanes) is 1. The third-order valence-electron chi connectivity index (χ3n) is 4.44. The number of sulfonamides is 1. The summed E-state index contributed by atoms with van der Waals surface area (Å²) in [6, 6.07) is 14.0. The van der Waals surface area contributed by atoms with Crippen molar-refractivity contribution in [1.29, 1.82) is 0 Å². The number of thioether (sulfide) groups is 1. The number of hydrogen-bond acceptors (Lipinski definition) is 5. The number of rotatable bonds is 8. The van der Waals surface area contributed by atoms with Gasteiger partial charge < -0.3 is 9.88 Å². The number of aryl methyl sites for hydroxylation is 1. The van der Waals surface area contributed by atoms with Crippen LogP contribution in [-0.2, 0) is 21.4 Å². The van der Waals surface area contributed by atoms with Crippen LogP contribution in [0.3, 0.4) is 0 Å². The monoisotopic (exact) mass is 432 g/mol. The number of para-hydroxylation sites is 1. The summed E-state index contributed by atoms with van der Waals surface area (Å²) in [4.78, 5) is 17.2. The van der Waals surface area contributed by atoms with Crippen LogP contribution >= 0.6 is 11.8 Å². The minimum atomic E-state index is -3.81. The third kappa shape index (κ3) is 5.17. The highest BCUT2D eigenvalue weighted by Gasteiger charge is 2.20. The molecule has 0 bridgehead atoms. The van der Waals surface area contributed by atoms with Gasteiger partial charge >= 0.3 is 0 Å². The molecule has 1 amide bonds. The molecular weight excluding hydrogens is 408 g/mol. The van der Waals surface area contributed by atoms with Crippen molar-refractivity contribution in [3.63, 3.8) is 0 Å². The predicted octanol–water partition coefficient (Wildman–Crippen LogP) is 3.60. The van der Waals surface area contributed by atoms with E-state index in [9.17, 15) is 13.2 Å². The summed E-state index contributed by atoms with van der Waals surface area (Å²) in [5.41, 5.74) is 2.11. The van der Waals surface area contributed by atoms with Gasteiger partial charge in [0.25, 0.3) is 0 Å². The van der Waals surface area contributed by atoms with E-state index < -0.39 is 10.0 Å². The number of nitrogens with zero attached hydrogens (tertiary/aromatic N) is 2. The minimum absolute atomic E-state index is 0.0246. The molecule has 0 radical (unpaired) electrons. The predicted molar refractivity (Wildman–Crippen MR) is 116 cm³/mol. The van der Waals surface area contributed by atoms with Crippen LogP contribution in [0, 0.1) is 0 Å². The van der Waals surface area contributed by atoms with Crippen molar-refractivity contribution in [2.75, 3.05) is 5.32 Å². The van der Waals surface area contributed by atoms with E-state index in [-0.39, 0.29) is 16.1 Å². The fourth-order valence-electron chi connectivity index (χ4n) is 2.86. The maximum absolute atomic E-state index is 12.6. The fraction of sp³-hybridized carbons (Fsp3) is 0.300. The van der Waals surface area contributed by atoms with Crippen LogP contribution in [-0.4, -0.2) is 29.1 Å². The largest absolute Gasteiger partial charge is 0.325 e. The molecule has 1 aromatic heterocycles. The highest BCUT2D eigenvalue weighted by molar-refractivity contribution is 8.00.